The minimum absolute atomic E-state index is 0.0503. The van der Waals surface area contributed by atoms with Crippen LogP contribution in [0, 0.1) is 0 Å². The van der Waals surface area contributed by atoms with E-state index >= 15 is 0 Å². The Balaban J connectivity index is 2.21. The maximum absolute atomic E-state index is 6.28. The second-order valence-corrected chi connectivity index (χ2v) is 5.92. The Hall–Kier alpha value is -1.49. The van der Waals surface area contributed by atoms with Crippen molar-refractivity contribution >= 4 is 22.9 Å². The van der Waals surface area contributed by atoms with Gasteiger partial charge in [0.25, 0.3) is 0 Å². The van der Waals surface area contributed by atoms with Gasteiger partial charge in [-0.1, -0.05) is 30.3 Å². The maximum atomic E-state index is 6.28. The van der Waals surface area contributed by atoms with Gasteiger partial charge in [0, 0.05) is 10.9 Å². The summed E-state index contributed by atoms with van der Waals surface area (Å²) in [7, 11) is 1.59. The van der Waals surface area contributed by atoms with Gasteiger partial charge < -0.3 is 15.2 Å². The predicted molar refractivity (Wildman–Crippen MR) is 88.6 cm³/mol. The second kappa shape index (κ2) is 7.50. The highest BCUT2D eigenvalue weighted by molar-refractivity contribution is 7.10. The van der Waals surface area contributed by atoms with Crippen molar-refractivity contribution in [3.8, 4) is 11.5 Å². The average Bonchev–Trinajstić information content (AvgIpc) is 3.00. The Morgan fingerprint density at radius 3 is 2.90 bits per heavy atom. The zero-order valence-electron chi connectivity index (χ0n) is 11.8. The molecular weight excluding hydrogens is 306 g/mol. The third-order valence-corrected chi connectivity index (χ3v) is 4.28. The van der Waals surface area contributed by atoms with Gasteiger partial charge in [0.05, 0.1) is 12.1 Å². The Morgan fingerprint density at radius 1 is 1.48 bits per heavy atom. The molecule has 5 heteroatoms. The van der Waals surface area contributed by atoms with Gasteiger partial charge in [-0.05, 0) is 35.6 Å². The molecule has 112 valence electrons. The van der Waals surface area contributed by atoms with Gasteiger partial charge in [0.1, 0.15) is 6.61 Å². The predicted octanol–water partition coefficient (Wildman–Crippen LogP) is 4.22. The Labute approximate surface area is 133 Å². The summed E-state index contributed by atoms with van der Waals surface area (Å²) in [6.07, 6.45) is 2.36. The maximum Gasteiger partial charge on any atom is 0.180 e. The molecule has 0 aliphatic carbocycles. The van der Waals surface area contributed by atoms with Crippen LogP contribution < -0.4 is 15.2 Å². The second-order valence-electron chi connectivity index (χ2n) is 4.53. The molecule has 0 fully saturated rings. The van der Waals surface area contributed by atoms with Crippen LogP contribution >= 0.6 is 22.9 Å². The monoisotopic (exact) mass is 323 g/mol. The Kier molecular flexibility index (Phi) is 5.67. The highest BCUT2D eigenvalue weighted by Gasteiger charge is 2.14. The summed E-state index contributed by atoms with van der Waals surface area (Å²) in [6.45, 7) is 4.00. The Morgan fingerprint density at radius 2 is 2.29 bits per heavy atom. The van der Waals surface area contributed by atoms with E-state index in [1.165, 1.54) is 0 Å². The van der Waals surface area contributed by atoms with Crippen LogP contribution in [-0.4, -0.2) is 13.7 Å². The molecule has 1 aromatic carbocycles. The standard InChI is InChI=1S/C16H18ClNO2S/c1-3-6-20-16-12(17)8-11(10-14(16)19-2)9-13(18)15-5-4-7-21-15/h3-5,7-8,10,13H,1,6,9,18H2,2H3. The van der Waals surface area contributed by atoms with E-state index in [1.807, 2.05) is 29.6 Å². The number of rotatable bonds is 7. The average molecular weight is 324 g/mol. The molecule has 0 spiro atoms. The van der Waals surface area contributed by atoms with Gasteiger partial charge in [-0.2, -0.15) is 0 Å². The van der Waals surface area contributed by atoms with E-state index in [0.717, 1.165) is 10.4 Å². The molecule has 3 nitrogen and oxygen atoms in total. The van der Waals surface area contributed by atoms with Crippen LogP contribution in [0.4, 0.5) is 0 Å². The molecule has 2 aromatic rings. The van der Waals surface area contributed by atoms with Gasteiger partial charge in [-0.25, -0.2) is 0 Å². The summed E-state index contributed by atoms with van der Waals surface area (Å²) in [5, 5.41) is 2.54. The van der Waals surface area contributed by atoms with Gasteiger partial charge in [0.2, 0.25) is 0 Å². The van der Waals surface area contributed by atoms with E-state index in [-0.39, 0.29) is 6.04 Å². The summed E-state index contributed by atoms with van der Waals surface area (Å²) in [5.41, 5.74) is 7.23. The van der Waals surface area contributed by atoms with Crippen LogP contribution in [0.15, 0.2) is 42.3 Å². The molecule has 0 amide bonds. The molecule has 1 atom stereocenters. The van der Waals surface area contributed by atoms with E-state index < -0.39 is 0 Å². The number of hydrogen-bond donors (Lipinski definition) is 1. The van der Waals surface area contributed by atoms with Crippen molar-refractivity contribution in [3.63, 3.8) is 0 Å². The number of methoxy groups -OCH3 is 1. The summed E-state index contributed by atoms with van der Waals surface area (Å²) < 4.78 is 10.9. The van der Waals surface area contributed by atoms with E-state index in [2.05, 4.69) is 6.58 Å². The van der Waals surface area contributed by atoms with Gasteiger partial charge in [-0.3, -0.25) is 0 Å². The van der Waals surface area contributed by atoms with Gasteiger partial charge >= 0.3 is 0 Å². The van der Waals surface area contributed by atoms with E-state index in [4.69, 9.17) is 26.8 Å². The van der Waals surface area contributed by atoms with Crippen molar-refractivity contribution in [2.45, 2.75) is 12.5 Å². The first kappa shape index (κ1) is 15.9. The summed E-state index contributed by atoms with van der Waals surface area (Å²) in [4.78, 5) is 1.15. The molecule has 0 saturated heterocycles. The van der Waals surface area contributed by atoms with E-state index in [1.54, 1.807) is 24.5 Å². The lowest BCUT2D eigenvalue weighted by molar-refractivity contribution is 0.326. The number of thiophene rings is 1. The molecule has 2 rings (SSSR count). The minimum atomic E-state index is -0.0503. The normalized spacial score (nSPS) is 12.0. The fourth-order valence-electron chi connectivity index (χ4n) is 2.03. The number of hydrogen-bond acceptors (Lipinski definition) is 4. The zero-order valence-corrected chi connectivity index (χ0v) is 13.4. The van der Waals surface area contributed by atoms with Gasteiger partial charge in [-0.15, -0.1) is 11.3 Å². The SMILES string of the molecule is C=CCOc1c(Cl)cc(CC(N)c2cccs2)cc1OC. The van der Waals surface area contributed by atoms with E-state index in [9.17, 15) is 0 Å². The van der Waals surface area contributed by atoms with Crippen LogP contribution in [0.25, 0.3) is 0 Å². The fourth-order valence-corrected chi connectivity index (χ4v) is 3.05. The minimum Gasteiger partial charge on any atom is -0.493 e. The number of halogens is 1. The lowest BCUT2D eigenvalue weighted by atomic mass is 10.0. The van der Waals surface area contributed by atoms with Crippen molar-refractivity contribution in [3.05, 3.63) is 57.8 Å². The highest BCUT2D eigenvalue weighted by Crippen LogP contribution is 2.37. The first-order valence-electron chi connectivity index (χ1n) is 6.54. The molecular formula is C16H18ClNO2S. The first-order chi connectivity index (χ1) is 10.2. The van der Waals surface area contributed by atoms with Crippen LogP contribution in [0.5, 0.6) is 11.5 Å². The van der Waals surface area contributed by atoms with Crippen LogP contribution in [0.3, 0.4) is 0 Å². The molecule has 0 radical (unpaired) electrons. The molecule has 0 aliphatic heterocycles. The third-order valence-electron chi connectivity index (χ3n) is 3.00. The Bertz CT molecular complexity index is 599. The zero-order chi connectivity index (χ0) is 15.2. The highest BCUT2D eigenvalue weighted by atomic mass is 35.5. The molecule has 0 saturated carbocycles. The summed E-state index contributed by atoms with van der Waals surface area (Å²) >= 11 is 7.93. The number of benzene rings is 1. The van der Waals surface area contributed by atoms with Crippen LogP contribution in [-0.2, 0) is 6.42 Å². The van der Waals surface area contributed by atoms with Crippen molar-refractivity contribution in [2.75, 3.05) is 13.7 Å². The smallest absolute Gasteiger partial charge is 0.180 e. The number of ether oxygens (including phenoxy) is 2. The van der Waals surface area contributed by atoms with Gasteiger partial charge in [0.15, 0.2) is 11.5 Å². The topological polar surface area (TPSA) is 44.5 Å². The molecule has 0 bridgehead atoms. The molecule has 2 N–H and O–H groups in total. The molecule has 21 heavy (non-hydrogen) atoms. The molecule has 1 heterocycles. The quantitative estimate of drug-likeness (QED) is 0.776. The molecule has 1 unspecified atom stereocenters. The lowest BCUT2D eigenvalue weighted by Gasteiger charge is -2.15. The molecule has 1 aromatic heterocycles. The first-order valence-corrected chi connectivity index (χ1v) is 7.80. The lowest BCUT2D eigenvalue weighted by Crippen LogP contribution is -2.12. The third kappa shape index (κ3) is 4.00. The van der Waals surface area contributed by atoms with E-state index in [0.29, 0.717) is 29.5 Å². The van der Waals surface area contributed by atoms with Crippen molar-refractivity contribution in [1.82, 2.24) is 0 Å². The summed E-state index contributed by atoms with van der Waals surface area (Å²) in [5.74, 6) is 1.14. The van der Waals surface area contributed by atoms with Crippen LogP contribution in [0.2, 0.25) is 5.02 Å². The van der Waals surface area contributed by atoms with Crippen molar-refractivity contribution < 1.29 is 9.47 Å². The van der Waals surface area contributed by atoms with Crippen molar-refractivity contribution in [2.24, 2.45) is 5.73 Å². The fraction of sp³-hybridized carbons (Fsp3) is 0.250. The molecule has 0 aliphatic rings. The largest absolute Gasteiger partial charge is 0.493 e. The number of nitrogens with two attached hydrogens (primary N) is 1. The summed E-state index contributed by atoms with van der Waals surface area (Å²) in [6, 6.07) is 7.77. The van der Waals surface area contributed by atoms with Crippen LogP contribution in [0.1, 0.15) is 16.5 Å². The van der Waals surface area contributed by atoms with Crippen molar-refractivity contribution in [1.29, 1.82) is 0 Å².